The van der Waals surface area contributed by atoms with Crippen molar-refractivity contribution in [2.24, 2.45) is 0 Å². The number of hydrogen-bond acceptors (Lipinski definition) is 4. The molecule has 0 aliphatic heterocycles. The van der Waals surface area contributed by atoms with Crippen LogP contribution in [0.4, 0.5) is 0 Å². The molecule has 6 nitrogen and oxygen atoms in total. The molecule has 6 heteroatoms. The number of rotatable bonds is 12. The van der Waals surface area contributed by atoms with Gasteiger partial charge in [-0.05, 0) is 61.4 Å². The van der Waals surface area contributed by atoms with Crippen molar-refractivity contribution in [3.63, 3.8) is 0 Å². The summed E-state index contributed by atoms with van der Waals surface area (Å²) in [6.45, 7) is 4.78. The Morgan fingerprint density at radius 3 is 2.36 bits per heavy atom. The standard InChI is InChI=1S/C33H34N4O2/c1-3-4-5-12-21-39-31-19-17-27(18-20-31)32-29(24-37(36-32)30-15-10-7-11-16-30)22-28(23-34)33(38)35-25(2)26-13-8-6-9-14-26/h6-11,13-20,22,24-25H,3-5,12,21H2,1-2H3,(H,35,38). The second-order valence-electron chi connectivity index (χ2n) is 9.42. The van der Waals surface area contributed by atoms with Gasteiger partial charge in [0.2, 0.25) is 0 Å². The number of amides is 1. The number of carbonyl (C=O) groups is 1. The number of benzene rings is 3. The minimum absolute atomic E-state index is 0.0127. The quantitative estimate of drug-likeness (QED) is 0.121. The third-order valence-electron chi connectivity index (χ3n) is 6.47. The Balaban J connectivity index is 1.60. The number of carbonyl (C=O) groups excluding carboxylic acids is 1. The molecule has 0 fully saturated rings. The summed E-state index contributed by atoms with van der Waals surface area (Å²) < 4.78 is 7.66. The SMILES string of the molecule is CCCCCCOc1ccc(-c2nn(-c3ccccc3)cc2C=C(C#N)C(=O)NC(C)c2ccccc2)cc1. The van der Waals surface area contributed by atoms with Crippen LogP contribution in [0.1, 0.15) is 56.7 Å². The van der Waals surface area contributed by atoms with Crippen molar-refractivity contribution in [2.45, 2.75) is 45.6 Å². The van der Waals surface area contributed by atoms with Crippen LogP contribution in [0.5, 0.6) is 5.75 Å². The van der Waals surface area contributed by atoms with Crippen LogP contribution in [0.15, 0.2) is 96.7 Å². The fourth-order valence-electron chi connectivity index (χ4n) is 4.26. The van der Waals surface area contributed by atoms with Gasteiger partial charge >= 0.3 is 0 Å². The smallest absolute Gasteiger partial charge is 0.262 e. The molecular formula is C33H34N4O2. The van der Waals surface area contributed by atoms with Gasteiger partial charge in [0.25, 0.3) is 5.91 Å². The Hall–Kier alpha value is -4.63. The first-order valence-electron chi connectivity index (χ1n) is 13.4. The lowest BCUT2D eigenvalue weighted by molar-refractivity contribution is -0.117. The molecule has 0 aliphatic carbocycles. The number of ether oxygens (including phenoxy) is 1. The second-order valence-corrected chi connectivity index (χ2v) is 9.42. The van der Waals surface area contributed by atoms with Crippen LogP contribution in [0.3, 0.4) is 0 Å². The summed E-state index contributed by atoms with van der Waals surface area (Å²) >= 11 is 0. The topological polar surface area (TPSA) is 79.9 Å². The van der Waals surface area contributed by atoms with E-state index in [1.54, 1.807) is 10.8 Å². The lowest BCUT2D eigenvalue weighted by atomic mass is 10.0. The zero-order chi connectivity index (χ0) is 27.5. The van der Waals surface area contributed by atoms with E-state index < -0.39 is 5.91 Å². The first-order chi connectivity index (χ1) is 19.1. The minimum atomic E-state index is -0.431. The van der Waals surface area contributed by atoms with Crippen LogP contribution in [-0.4, -0.2) is 22.3 Å². The number of para-hydroxylation sites is 1. The van der Waals surface area contributed by atoms with Gasteiger partial charge in [0.15, 0.2) is 0 Å². The number of nitriles is 1. The van der Waals surface area contributed by atoms with E-state index in [0.717, 1.165) is 29.0 Å². The summed E-state index contributed by atoms with van der Waals surface area (Å²) in [5.41, 5.74) is 4.07. The van der Waals surface area contributed by atoms with Crippen molar-refractivity contribution >= 4 is 12.0 Å². The number of unbranched alkanes of at least 4 members (excludes halogenated alkanes) is 3. The first kappa shape index (κ1) is 27.4. The number of nitrogens with one attached hydrogen (secondary N) is 1. The summed E-state index contributed by atoms with van der Waals surface area (Å²) in [6.07, 6.45) is 8.06. The predicted octanol–water partition coefficient (Wildman–Crippen LogP) is 7.28. The maximum Gasteiger partial charge on any atom is 0.262 e. The molecule has 1 N–H and O–H groups in total. The molecular weight excluding hydrogens is 484 g/mol. The average molecular weight is 519 g/mol. The van der Waals surface area contributed by atoms with E-state index in [9.17, 15) is 10.1 Å². The molecule has 1 atom stereocenters. The molecule has 1 unspecified atom stereocenters. The van der Waals surface area contributed by atoms with Crippen molar-refractivity contribution in [3.8, 4) is 28.8 Å². The predicted molar refractivity (Wildman–Crippen MR) is 155 cm³/mol. The van der Waals surface area contributed by atoms with E-state index in [1.165, 1.54) is 19.3 Å². The molecule has 0 saturated heterocycles. The van der Waals surface area contributed by atoms with E-state index in [1.807, 2.05) is 98.0 Å². The van der Waals surface area contributed by atoms with Crippen LogP contribution in [-0.2, 0) is 4.79 Å². The Kier molecular flexibility index (Phi) is 9.68. The Morgan fingerprint density at radius 1 is 1.00 bits per heavy atom. The van der Waals surface area contributed by atoms with Gasteiger partial charge in [0.05, 0.1) is 24.0 Å². The molecule has 1 aromatic heterocycles. The molecule has 0 aliphatic rings. The molecule has 0 radical (unpaired) electrons. The van der Waals surface area contributed by atoms with Gasteiger partial charge in [0, 0.05) is 17.3 Å². The average Bonchev–Trinajstić information content (AvgIpc) is 3.41. The zero-order valence-electron chi connectivity index (χ0n) is 22.5. The maximum absolute atomic E-state index is 13.1. The van der Waals surface area contributed by atoms with E-state index >= 15 is 0 Å². The van der Waals surface area contributed by atoms with E-state index in [0.29, 0.717) is 17.9 Å². The molecule has 3 aromatic carbocycles. The molecule has 198 valence electrons. The van der Waals surface area contributed by atoms with E-state index in [-0.39, 0.29) is 11.6 Å². The normalized spacial score (nSPS) is 12.0. The summed E-state index contributed by atoms with van der Waals surface area (Å²) in [7, 11) is 0. The molecule has 0 spiro atoms. The van der Waals surface area contributed by atoms with Crippen LogP contribution in [0, 0.1) is 11.3 Å². The van der Waals surface area contributed by atoms with Gasteiger partial charge in [-0.15, -0.1) is 0 Å². The Morgan fingerprint density at radius 2 is 1.69 bits per heavy atom. The monoisotopic (exact) mass is 518 g/mol. The van der Waals surface area contributed by atoms with Gasteiger partial charge in [-0.1, -0.05) is 74.7 Å². The van der Waals surface area contributed by atoms with Crippen molar-refractivity contribution in [2.75, 3.05) is 6.61 Å². The largest absolute Gasteiger partial charge is 0.494 e. The molecule has 1 heterocycles. The summed E-state index contributed by atoms with van der Waals surface area (Å²) in [5, 5.41) is 17.6. The summed E-state index contributed by atoms with van der Waals surface area (Å²) in [5.74, 6) is 0.376. The Bertz CT molecular complexity index is 1420. The summed E-state index contributed by atoms with van der Waals surface area (Å²) in [6, 6.07) is 29.0. The van der Waals surface area contributed by atoms with Crippen molar-refractivity contribution in [3.05, 3.63) is 108 Å². The van der Waals surface area contributed by atoms with Gasteiger partial charge in [-0.25, -0.2) is 4.68 Å². The first-order valence-corrected chi connectivity index (χ1v) is 13.4. The highest BCUT2D eigenvalue weighted by Crippen LogP contribution is 2.28. The highest BCUT2D eigenvalue weighted by molar-refractivity contribution is 6.02. The number of nitrogens with zero attached hydrogens (tertiary/aromatic N) is 3. The van der Waals surface area contributed by atoms with E-state index in [2.05, 4.69) is 18.3 Å². The highest BCUT2D eigenvalue weighted by Gasteiger charge is 2.17. The number of hydrogen-bond donors (Lipinski definition) is 1. The van der Waals surface area contributed by atoms with Crippen molar-refractivity contribution in [1.82, 2.24) is 15.1 Å². The second kappa shape index (κ2) is 13.8. The van der Waals surface area contributed by atoms with Crippen LogP contribution in [0.25, 0.3) is 23.0 Å². The van der Waals surface area contributed by atoms with Crippen molar-refractivity contribution in [1.29, 1.82) is 5.26 Å². The van der Waals surface area contributed by atoms with Gasteiger partial charge in [-0.3, -0.25) is 4.79 Å². The zero-order valence-corrected chi connectivity index (χ0v) is 22.5. The van der Waals surface area contributed by atoms with E-state index in [4.69, 9.17) is 9.84 Å². The lowest BCUT2D eigenvalue weighted by Gasteiger charge is -2.13. The van der Waals surface area contributed by atoms with Crippen molar-refractivity contribution < 1.29 is 9.53 Å². The lowest BCUT2D eigenvalue weighted by Crippen LogP contribution is -2.27. The van der Waals surface area contributed by atoms with Gasteiger partial charge in [0.1, 0.15) is 17.4 Å². The van der Waals surface area contributed by atoms with Gasteiger partial charge in [-0.2, -0.15) is 10.4 Å². The molecule has 0 bridgehead atoms. The fourth-order valence-corrected chi connectivity index (χ4v) is 4.26. The Labute approximate surface area is 230 Å². The van der Waals surface area contributed by atoms with Crippen LogP contribution < -0.4 is 10.1 Å². The van der Waals surface area contributed by atoms with Gasteiger partial charge < -0.3 is 10.1 Å². The molecule has 4 rings (SSSR count). The minimum Gasteiger partial charge on any atom is -0.494 e. The third kappa shape index (κ3) is 7.45. The fraction of sp³-hybridized carbons (Fsp3) is 0.242. The summed E-state index contributed by atoms with van der Waals surface area (Å²) in [4.78, 5) is 13.1. The molecule has 1 amide bonds. The molecule has 0 saturated carbocycles. The highest BCUT2D eigenvalue weighted by atomic mass is 16.5. The molecule has 4 aromatic rings. The van der Waals surface area contributed by atoms with Crippen LogP contribution in [0.2, 0.25) is 0 Å². The van der Waals surface area contributed by atoms with Crippen LogP contribution >= 0.6 is 0 Å². The molecule has 39 heavy (non-hydrogen) atoms. The number of aromatic nitrogens is 2. The maximum atomic E-state index is 13.1. The third-order valence-corrected chi connectivity index (χ3v) is 6.47.